The molecule has 0 unspecified atom stereocenters. The minimum atomic E-state index is 0.980. The van der Waals surface area contributed by atoms with Crippen LogP contribution in [0, 0.1) is 5.92 Å². The quantitative estimate of drug-likeness (QED) is 0.496. The molecular weight excluding hydrogens is 108 g/mol. The van der Waals surface area contributed by atoms with Crippen LogP contribution in [0.1, 0.15) is 39.5 Å². The van der Waals surface area contributed by atoms with Gasteiger partial charge in [0.05, 0.1) is 0 Å². The van der Waals surface area contributed by atoms with Gasteiger partial charge in [0, 0.05) is 0 Å². The summed E-state index contributed by atoms with van der Waals surface area (Å²) in [5, 5.41) is 0. The molecule has 0 amide bonds. The molecule has 0 spiro atoms. The SMILES string of the molecule is CCCC=C1CC(C)C1. The molecule has 1 rings (SSSR count). The Bertz CT molecular complexity index is 103. The van der Waals surface area contributed by atoms with Crippen molar-refractivity contribution < 1.29 is 0 Å². The van der Waals surface area contributed by atoms with Gasteiger partial charge in [-0.3, -0.25) is 0 Å². The van der Waals surface area contributed by atoms with Gasteiger partial charge in [-0.15, -0.1) is 0 Å². The van der Waals surface area contributed by atoms with E-state index in [1.807, 2.05) is 0 Å². The predicted octanol–water partition coefficient (Wildman–Crippen LogP) is 3.14. The summed E-state index contributed by atoms with van der Waals surface area (Å²) in [7, 11) is 0. The summed E-state index contributed by atoms with van der Waals surface area (Å²) < 4.78 is 0. The Morgan fingerprint density at radius 3 is 2.67 bits per heavy atom. The standard InChI is InChI=1S/C9H16/c1-3-4-5-9-6-8(2)7-9/h5,8H,3-4,6-7H2,1-2H3. The second kappa shape index (κ2) is 3.05. The van der Waals surface area contributed by atoms with Crippen molar-refractivity contribution in [2.75, 3.05) is 0 Å². The molecule has 0 aliphatic heterocycles. The summed E-state index contributed by atoms with van der Waals surface area (Å²) >= 11 is 0. The maximum atomic E-state index is 2.42. The minimum Gasteiger partial charge on any atom is -0.0853 e. The van der Waals surface area contributed by atoms with E-state index in [0.717, 1.165) is 5.92 Å². The van der Waals surface area contributed by atoms with Crippen LogP contribution in [-0.4, -0.2) is 0 Å². The van der Waals surface area contributed by atoms with Crippen LogP contribution in [-0.2, 0) is 0 Å². The van der Waals surface area contributed by atoms with Crippen LogP contribution in [0.5, 0.6) is 0 Å². The number of rotatable bonds is 2. The molecule has 0 nitrogen and oxygen atoms in total. The lowest BCUT2D eigenvalue weighted by Crippen LogP contribution is -2.09. The van der Waals surface area contributed by atoms with Gasteiger partial charge in [-0.05, 0) is 25.2 Å². The van der Waals surface area contributed by atoms with Gasteiger partial charge in [0.1, 0.15) is 0 Å². The zero-order valence-electron chi connectivity index (χ0n) is 6.48. The Hall–Kier alpha value is -0.260. The predicted molar refractivity (Wildman–Crippen MR) is 41.4 cm³/mol. The summed E-state index contributed by atoms with van der Waals surface area (Å²) in [4.78, 5) is 0. The largest absolute Gasteiger partial charge is 0.0853 e. The fraction of sp³-hybridized carbons (Fsp3) is 0.778. The van der Waals surface area contributed by atoms with Crippen molar-refractivity contribution in [1.29, 1.82) is 0 Å². The highest BCUT2D eigenvalue weighted by atomic mass is 14.2. The van der Waals surface area contributed by atoms with Gasteiger partial charge in [-0.1, -0.05) is 31.9 Å². The fourth-order valence-corrected chi connectivity index (χ4v) is 1.35. The third-order valence-corrected chi connectivity index (χ3v) is 1.94. The smallest absolute Gasteiger partial charge is 0.0291 e. The van der Waals surface area contributed by atoms with Crippen LogP contribution in [0.3, 0.4) is 0 Å². The van der Waals surface area contributed by atoms with Crippen molar-refractivity contribution in [1.82, 2.24) is 0 Å². The monoisotopic (exact) mass is 124 g/mol. The first-order valence-corrected chi connectivity index (χ1v) is 4.00. The van der Waals surface area contributed by atoms with Gasteiger partial charge in [-0.2, -0.15) is 0 Å². The molecule has 0 aromatic heterocycles. The minimum absolute atomic E-state index is 0.980. The Kier molecular flexibility index (Phi) is 2.32. The molecule has 1 aliphatic carbocycles. The molecule has 0 aromatic carbocycles. The summed E-state index contributed by atoms with van der Waals surface area (Å²) in [6.07, 6.45) is 7.76. The van der Waals surface area contributed by atoms with Crippen molar-refractivity contribution in [2.24, 2.45) is 5.92 Å². The topological polar surface area (TPSA) is 0 Å². The Morgan fingerprint density at radius 2 is 2.22 bits per heavy atom. The van der Waals surface area contributed by atoms with Crippen molar-refractivity contribution in [3.63, 3.8) is 0 Å². The van der Waals surface area contributed by atoms with E-state index < -0.39 is 0 Å². The van der Waals surface area contributed by atoms with Crippen LogP contribution in [0.4, 0.5) is 0 Å². The molecule has 9 heavy (non-hydrogen) atoms. The Balaban J connectivity index is 2.14. The van der Waals surface area contributed by atoms with Gasteiger partial charge in [0.15, 0.2) is 0 Å². The summed E-state index contributed by atoms with van der Waals surface area (Å²) in [6, 6.07) is 0. The van der Waals surface area contributed by atoms with E-state index >= 15 is 0 Å². The average molecular weight is 124 g/mol. The molecule has 0 heterocycles. The molecule has 0 saturated heterocycles. The second-order valence-corrected chi connectivity index (χ2v) is 3.16. The van der Waals surface area contributed by atoms with Gasteiger partial charge >= 0.3 is 0 Å². The van der Waals surface area contributed by atoms with Gasteiger partial charge < -0.3 is 0 Å². The first kappa shape index (κ1) is 6.85. The van der Waals surface area contributed by atoms with Crippen molar-refractivity contribution in [2.45, 2.75) is 39.5 Å². The van der Waals surface area contributed by atoms with E-state index in [4.69, 9.17) is 0 Å². The van der Waals surface area contributed by atoms with E-state index in [9.17, 15) is 0 Å². The summed E-state index contributed by atoms with van der Waals surface area (Å²) in [6.45, 7) is 4.56. The number of hydrogen-bond acceptors (Lipinski definition) is 0. The molecule has 0 aromatic rings. The highest BCUT2D eigenvalue weighted by Gasteiger charge is 2.16. The molecule has 0 N–H and O–H groups in total. The fourth-order valence-electron chi connectivity index (χ4n) is 1.35. The highest BCUT2D eigenvalue weighted by Crippen LogP contribution is 2.32. The van der Waals surface area contributed by atoms with Crippen LogP contribution < -0.4 is 0 Å². The van der Waals surface area contributed by atoms with Crippen LogP contribution >= 0.6 is 0 Å². The lowest BCUT2D eigenvalue weighted by atomic mass is 9.81. The van der Waals surface area contributed by atoms with Gasteiger partial charge in [0.25, 0.3) is 0 Å². The van der Waals surface area contributed by atoms with E-state index in [-0.39, 0.29) is 0 Å². The second-order valence-electron chi connectivity index (χ2n) is 3.16. The van der Waals surface area contributed by atoms with Gasteiger partial charge in [-0.25, -0.2) is 0 Å². The summed E-state index contributed by atoms with van der Waals surface area (Å²) in [5.74, 6) is 0.980. The molecule has 0 bridgehead atoms. The Labute approximate surface area is 58.0 Å². The van der Waals surface area contributed by atoms with E-state index in [1.54, 1.807) is 5.57 Å². The first-order chi connectivity index (χ1) is 4.33. The average Bonchev–Trinajstić information content (AvgIpc) is 1.78. The molecule has 52 valence electrons. The number of allylic oxidation sites excluding steroid dienone is 2. The van der Waals surface area contributed by atoms with E-state index in [2.05, 4.69) is 19.9 Å². The van der Waals surface area contributed by atoms with Gasteiger partial charge in [0.2, 0.25) is 0 Å². The first-order valence-electron chi connectivity index (χ1n) is 4.00. The third kappa shape index (κ3) is 1.85. The molecule has 0 heteroatoms. The molecule has 1 aliphatic rings. The van der Waals surface area contributed by atoms with Crippen LogP contribution in [0.15, 0.2) is 11.6 Å². The zero-order chi connectivity index (χ0) is 6.69. The van der Waals surface area contributed by atoms with Crippen molar-refractivity contribution >= 4 is 0 Å². The van der Waals surface area contributed by atoms with E-state index in [1.165, 1.54) is 25.7 Å². The molecule has 1 saturated carbocycles. The molecule has 1 fully saturated rings. The van der Waals surface area contributed by atoms with Crippen LogP contribution in [0.2, 0.25) is 0 Å². The lowest BCUT2D eigenvalue weighted by Gasteiger charge is -2.25. The van der Waals surface area contributed by atoms with Crippen molar-refractivity contribution in [3.05, 3.63) is 11.6 Å². The lowest BCUT2D eigenvalue weighted by molar-refractivity contribution is 0.457. The third-order valence-electron chi connectivity index (χ3n) is 1.94. The van der Waals surface area contributed by atoms with Crippen LogP contribution in [0.25, 0.3) is 0 Å². The maximum absolute atomic E-state index is 2.42. The normalized spacial score (nSPS) is 25.6. The van der Waals surface area contributed by atoms with E-state index in [0.29, 0.717) is 0 Å². The highest BCUT2D eigenvalue weighted by molar-refractivity contribution is 5.11. The van der Waals surface area contributed by atoms with Crippen molar-refractivity contribution in [3.8, 4) is 0 Å². The number of unbranched alkanes of at least 4 members (excludes halogenated alkanes) is 1. The Morgan fingerprint density at radius 1 is 1.56 bits per heavy atom. The molecule has 0 atom stereocenters. The molecule has 0 radical (unpaired) electrons. The maximum Gasteiger partial charge on any atom is -0.0291 e. The molecular formula is C9H16. The summed E-state index contributed by atoms with van der Waals surface area (Å²) in [5.41, 5.74) is 1.70. The zero-order valence-corrected chi connectivity index (χ0v) is 6.48. The number of hydrogen-bond donors (Lipinski definition) is 0.